The fourth-order valence-corrected chi connectivity index (χ4v) is 1.25. The van der Waals surface area contributed by atoms with E-state index in [1.807, 2.05) is 6.92 Å². The third-order valence-electron chi connectivity index (χ3n) is 1.99. The van der Waals surface area contributed by atoms with Crippen LogP contribution in [-0.4, -0.2) is 13.6 Å². The van der Waals surface area contributed by atoms with Crippen LogP contribution in [0.5, 0.6) is 5.75 Å². The van der Waals surface area contributed by atoms with E-state index in [9.17, 15) is 12.9 Å². The maximum absolute atomic E-state index is 12.0. The van der Waals surface area contributed by atoms with Gasteiger partial charge in [0.1, 0.15) is 5.75 Å². The van der Waals surface area contributed by atoms with E-state index in [4.69, 9.17) is 4.74 Å². The maximum Gasteiger partial charge on any atom is 0.478 e. The van der Waals surface area contributed by atoms with Crippen LogP contribution in [0.4, 0.5) is 12.9 Å². The molecule has 0 saturated heterocycles. The van der Waals surface area contributed by atoms with Crippen molar-refractivity contribution in [3.05, 3.63) is 29.8 Å². The second kappa shape index (κ2) is 5.10. The van der Waals surface area contributed by atoms with E-state index in [0.717, 1.165) is 0 Å². The van der Waals surface area contributed by atoms with Crippen molar-refractivity contribution >= 4 is 6.98 Å². The predicted molar refractivity (Wildman–Crippen MR) is 55.2 cm³/mol. The molecule has 0 aliphatic carbocycles. The van der Waals surface area contributed by atoms with E-state index in [1.165, 1.54) is 0 Å². The van der Waals surface area contributed by atoms with Gasteiger partial charge in [0.25, 0.3) is 0 Å². The van der Waals surface area contributed by atoms with Crippen LogP contribution in [0.2, 0.25) is 6.32 Å². The van der Waals surface area contributed by atoms with Gasteiger partial charge in [-0.1, -0.05) is 30.4 Å². The summed E-state index contributed by atoms with van der Waals surface area (Å²) in [7, 11) is 0. The molecule has 0 radical (unpaired) electrons. The lowest BCUT2D eigenvalue weighted by Crippen LogP contribution is -2.15. The number of hydrogen-bond acceptors (Lipinski definition) is 1. The fourth-order valence-electron chi connectivity index (χ4n) is 1.25. The first-order valence-electron chi connectivity index (χ1n) is 4.94. The van der Waals surface area contributed by atoms with Crippen LogP contribution in [0, 0.1) is 0 Å². The fraction of sp³-hybridized carbons (Fsp3) is 0.400. The van der Waals surface area contributed by atoms with Crippen LogP contribution in [0.1, 0.15) is 12.5 Å². The maximum atomic E-state index is 12.0. The molecule has 0 aliphatic rings. The van der Waals surface area contributed by atoms with Gasteiger partial charge in [-0.05, 0) is 19.1 Å². The van der Waals surface area contributed by atoms with Gasteiger partial charge in [0.05, 0.1) is 6.61 Å². The van der Waals surface area contributed by atoms with Crippen LogP contribution in [0.25, 0.3) is 0 Å². The average Bonchev–Trinajstić information content (AvgIpc) is 2.16. The molecule has 0 N–H and O–H groups in total. The summed E-state index contributed by atoms with van der Waals surface area (Å²) in [5, 5.41) is 0. The third-order valence-corrected chi connectivity index (χ3v) is 1.99. The quantitative estimate of drug-likeness (QED) is 0.686. The molecular formula is C10H13BF3O-. The van der Waals surface area contributed by atoms with Gasteiger partial charge < -0.3 is 17.7 Å². The van der Waals surface area contributed by atoms with Gasteiger partial charge in [0.15, 0.2) is 0 Å². The largest absolute Gasteiger partial charge is 0.494 e. The normalized spacial score (nSPS) is 11.5. The van der Waals surface area contributed by atoms with Gasteiger partial charge in [-0.25, -0.2) is 0 Å². The number of rotatable bonds is 5. The first-order chi connectivity index (χ1) is 7.01. The van der Waals surface area contributed by atoms with Gasteiger partial charge in [0, 0.05) is 0 Å². The topological polar surface area (TPSA) is 9.23 Å². The Bertz CT molecular complexity index is 295. The molecule has 0 heterocycles. The Balaban J connectivity index is 2.50. The van der Waals surface area contributed by atoms with E-state index in [2.05, 4.69) is 0 Å². The molecule has 0 amide bonds. The third kappa shape index (κ3) is 4.77. The van der Waals surface area contributed by atoms with Crippen molar-refractivity contribution in [1.29, 1.82) is 0 Å². The molecule has 15 heavy (non-hydrogen) atoms. The lowest BCUT2D eigenvalue weighted by atomic mass is 9.82. The summed E-state index contributed by atoms with van der Waals surface area (Å²) in [6.45, 7) is -2.25. The number of halogens is 3. The highest BCUT2D eigenvalue weighted by Gasteiger charge is 2.21. The minimum Gasteiger partial charge on any atom is -0.494 e. The predicted octanol–water partition coefficient (Wildman–Crippen LogP) is 3.48. The zero-order valence-corrected chi connectivity index (χ0v) is 8.55. The molecule has 0 unspecified atom stereocenters. The molecule has 0 fully saturated rings. The Hall–Kier alpha value is -1.13. The first-order valence-corrected chi connectivity index (χ1v) is 4.94. The van der Waals surface area contributed by atoms with Crippen molar-refractivity contribution in [2.45, 2.75) is 19.7 Å². The number of ether oxygens (including phenoxy) is 1. The zero-order chi connectivity index (χ0) is 11.3. The number of hydrogen-bond donors (Lipinski definition) is 0. The second-order valence-electron chi connectivity index (χ2n) is 3.33. The highest BCUT2D eigenvalue weighted by Crippen LogP contribution is 2.19. The molecular weight excluding hydrogens is 204 g/mol. The molecule has 1 aromatic rings. The summed E-state index contributed by atoms with van der Waals surface area (Å²) in [6.07, 6.45) is -0.663. The zero-order valence-electron chi connectivity index (χ0n) is 8.55. The van der Waals surface area contributed by atoms with Gasteiger partial charge >= 0.3 is 6.98 Å². The Kier molecular flexibility index (Phi) is 4.06. The van der Waals surface area contributed by atoms with Crippen LogP contribution in [-0.2, 0) is 6.42 Å². The van der Waals surface area contributed by atoms with Gasteiger partial charge in [0.2, 0.25) is 0 Å². The highest BCUT2D eigenvalue weighted by atomic mass is 19.4. The van der Waals surface area contributed by atoms with Crippen molar-refractivity contribution in [3.63, 3.8) is 0 Å². The Labute approximate surface area is 87.3 Å². The Morgan fingerprint density at radius 1 is 1.13 bits per heavy atom. The summed E-state index contributed by atoms with van der Waals surface area (Å²) in [6, 6.07) is 6.74. The van der Waals surface area contributed by atoms with Crippen LogP contribution < -0.4 is 4.74 Å². The van der Waals surface area contributed by atoms with Crippen molar-refractivity contribution in [3.8, 4) is 5.75 Å². The lowest BCUT2D eigenvalue weighted by Gasteiger charge is -2.13. The minimum absolute atomic E-state index is 0.0515. The molecule has 0 aromatic heterocycles. The minimum atomic E-state index is -4.68. The first kappa shape index (κ1) is 11.9. The molecule has 0 atom stereocenters. The highest BCUT2D eigenvalue weighted by molar-refractivity contribution is 6.58. The Morgan fingerprint density at radius 3 is 2.20 bits per heavy atom. The molecule has 0 bridgehead atoms. The molecule has 1 nitrogen and oxygen atoms in total. The molecule has 0 aliphatic heterocycles. The van der Waals surface area contributed by atoms with E-state index in [1.54, 1.807) is 24.3 Å². The molecule has 1 aromatic carbocycles. The van der Waals surface area contributed by atoms with Crippen molar-refractivity contribution in [1.82, 2.24) is 0 Å². The number of aryl methyl sites for hydroxylation is 1. The van der Waals surface area contributed by atoms with Crippen molar-refractivity contribution in [2.24, 2.45) is 0 Å². The van der Waals surface area contributed by atoms with Gasteiger partial charge in [-0.15, -0.1) is 0 Å². The molecule has 5 heteroatoms. The Morgan fingerprint density at radius 2 is 1.73 bits per heavy atom. The van der Waals surface area contributed by atoms with Crippen molar-refractivity contribution in [2.75, 3.05) is 6.61 Å². The summed E-state index contributed by atoms with van der Waals surface area (Å²) in [5.41, 5.74) is 0.692. The number of benzene rings is 1. The SMILES string of the molecule is CCOc1ccc(CC[B-](F)(F)F)cc1. The molecule has 1 rings (SSSR count). The van der Waals surface area contributed by atoms with E-state index in [0.29, 0.717) is 17.9 Å². The smallest absolute Gasteiger partial charge is 0.478 e. The summed E-state index contributed by atoms with van der Waals surface area (Å²) >= 11 is 0. The van der Waals surface area contributed by atoms with Crippen molar-refractivity contribution < 1.29 is 17.7 Å². The van der Waals surface area contributed by atoms with Gasteiger partial charge in [-0.2, -0.15) is 0 Å². The second-order valence-corrected chi connectivity index (χ2v) is 3.33. The summed E-state index contributed by atoms with van der Waals surface area (Å²) < 4.78 is 41.1. The standard InChI is InChI=1S/C10H13BF3O/c1-2-15-10-5-3-9(4-6-10)7-8-11(12,13)14/h3-6H,2,7-8H2,1H3/q-1. The van der Waals surface area contributed by atoms with Crippen LogP contribution in [0.15, 0.2) is 24.3 Å². The lowest BCUT2D eigenvalue weighted by molar-refractivity contribution is 0.340. The molecule has 84 valence electrons. The van der Waals surface area contributed by atoms with Gasteiger partial charge in [-0.3, -0.25) is 0 Å². The molecule has 0 saturated carbocycles. The monoisotopic (exact) mass is 217 g/mol. The van der Waals surface area contributed by atoms with E-state index >= 15 is 0 Å². The van der Waals surface area contributed by atoms with Crippen LogP contribution in [0.3, 0.4) is 0 Å². The van der Waals surface area contributed by atoms with E-state index in [-0.39, 0.29) is 6.42 Å². The summed E-state index contributed by atoms with van der Waals surface area (Å²) in [5.74, 6) is 0.693. The van der Waals surface area contributed by atoms with E-state index < -0.39 is 13.3 Å². The molecule has 0 spiro atoms. The average molecular weight is 217 g/mol. The van der Waals surface area contributed by atoms with Crippen LogP contribution >= 0.6 is 0 Å². The summed E-state index contributed by atoms with van der Waals surface area (Å²) in [4.78, 5) is 0.